The van der Waals surface area contributed by atoms with E-state index >= 15 is 0 Å². The lowest BCUT2D eigenvalue weighted by Gasteiger charge is -2.09. The van der Waals surface area contributed by atoms with Gasteiger partial charge in [-0.15, -0.1) is 0 Å². The number of rotatable bonds is 6. The fourth-order valence-electron chi connectivity index (χ4n) is 3.00. The van der Waals surface area contributed by atoms with E-state index in [-0.39, 0.29) is 11.3 Å². The summed E-state index contributed by atoms with van der Waals surface area (Å²) in [6.45, 7) is 3.86. The molecule has 32 heavy (non-hydrogen) atoms. The van der Waals surface area contributed by atoms with Gasteiger partial charge in [0.2, 0.25) is 5.88 Å². The highest BCUT2D eigenvalue weighted by atomic mass is 16.6. The van der Waals surface area contributed by atoms with Crippen LogP contribution in [0.4, 0.5) is 11.4 Å². The molecule has 1 amide bonds. The number of benzene rings is 2. The summed E-state index contributed by atoms with van der Waals surface area (Å²) in [4.78, 5) is 35.6. The molecule has 4 rings (SSSR count). The van der Waals surface area contributed by atoms with E-state index in [1.54, 1.807) is 42.7 Å². The molecule has 2 aromatic heterocycles. The van der Waals surface area contributed by atoms with E-state index < -0.39 is 10.8 Å². The van der Waals surface area contributed by atoms with Crippen LogP contribution in [0.25, 0.3) is 5.82 Å². The smallest absolute Gasteiger partial charge is 0.282 e. The second kappa shape index (κ2) is 8.64. The Balaban J connectivity index is 1.47. The lowest BCUT2D eigenvalue weighted by molar-refractivity contribution is -0.385. The lowest BCUT2D eigenvalue weighted by Crippen LogP contribution is -2.13. The number of anilines is 1. The van der Waals surface area contributed by atoms with E-state index in [1.165, 1.54) is 24.5 Å². The monoisotopic (exact) mass is 430 g/mol. The molecule has 10 heteroatoms. The van der Waals surface area contributed by atoms with Crippen LogP contribution in [0.3, 0.4) is 0 Å². The van der Waals surface area contributed by atoms with Gasteiger partial charge >= 0.3 is 0 Å². The molecule has 4 aromatic rings. The molecule has 0 bridgehead atoms. The molecule has 0 aliphatic carbocycles. The number of carbonyl (C=O) groups is 1. The predicted molar refractivity (Wildman–Crippen MR) is 116 cm³/mol. The molecule has 0 saturated heterocycles. The van der Waals surface area contributed by atoms with Gasteiger partial charge in [0.15, 0.2) is 0 Å². The van der Waals surface area contributed by atoms with Crippen molar-refractivity contribution in [2.75, 3.05) is 5.32 Å². The summed E-state index contributed by atoms with van der Waals surface area (Å²) in [7, 11) is 0. The molecule has 2 aromatic carbocycles. The Morgan fingerprint density at radius 2 is 1.81 bits per heavy atom. The highest BCUT2D eigenvalue weighted by Crippen LogP contribution is 2.24. The maximum atomic E-state index is 12.4. The zero-order chi connectivity index (χ0) is 22.7. The van der Waals surface area contributed by atoms with E-state index in [9.17, 15) is 14.9 Å². The number of hydrogen-bond acceptors (Lipinski definition) is 7. The number of imidazole rings is 1. The SMILES string of the molecule is Cc1ncn(-c2cc(Oc3ccc(NC(=O)c4ccccc4[N+](=O)[O-])cc3)ncn2)c1C. The van der Waals surface area contributed by atoms with Crippen molar-refractivity contribution in [3.8, 4) is 17.4 Å². The number of nitro benzene ring substituents is 1. The topological polar surface area (TPSA) is 125 Å². The molecule has 10 nitrogen and oxygen atoms in total. The molecule has 0 aliphatic rings. The first-order valence-corrected chi connectivity index (χ1v) is 9.58. The Kier molecular flexibility index (Phi) is 5.58. The van der Waals surface area contributed by atoms with Crippen molar-refractivity contribution in [1.82, 2.24) is 19.5 Å². The zero-order valence-corrected chi connectivity index (χ0v) is 17.2. The van der Waals surface area contributed by atoms with Gasteiger partial charge < -0.3 is 10.1 Å². The highest BCUT2D eigenvalue weighted by Gasteiger charge is 2.19. The van der Waals surface area contributed by atoms with Crippen LogP contribution in [0.15, 0.2) is 67.3 Å². The molecule has 0 radical (unpaired) electrons. The minimum Gasteiger partial charge on any atom is -0.439 e. The molecule has 1 N–H and O–H groups in total. The largest absolute Gasteiger partial charge is 0.439 e. The van der Waals surface area contributed by atoms with Crippen LogP contribution in [-0.4, -0.2) is 30.3 Å². The number of amides is 1. The van der Waals surface area contributed by atoms with Crippen molar-refractivity contribution in [1.29, 1.82) is 0 Å². The van der Waals surface area contributed by atoms with Crippen LogP contribution in [0.5, 0.6) is 11.6 Å². The highest BCUT2D eigenvalue weighted by molar-refractivity contribution is 6.07. The second-order valence-corrected chi connectivity index (χ2v) is 6.85. The molecule has 0 aliphatic heterocycles. The summed E-state index contributed by atoms with van der Waals surface area (Å²) in [5.74, 6) is 0.896. The molecule has 0 unspecified atom stereocenters. The van der Waals surface area contributed by atoms with Gasteiger partial charge in [-0.05, 0) is 44.2 Å². The van der Waals surface area contributed by atoms with Crippen LogP contribution >= 0.6 is 0 Å². The number of aromatic nitrogens is 4. The average molecular weight is 430 g/mol. The third-order valence-electron chi connectivity index (χ3n) is 4.81. The zero-order valence-electron chi connectivity index (χ0n) is 17.2. The van der Waals surface area contributed by atoms with Gasteiger partial charge in [-0.2, -0.15) is 0 Å². The van der Waals surface area contributed by atoms with Crippen LogP contribution in [0.1, 0.15) is 21.7 Å². The van der Waals surface area contributed by atoms with Crippen LogP contribution < -0.4 is 10.1 Å². The van der Waals surface area contributed by atoms with E-state index in [0.29, 0.717) is 23.1 Å². The average Bonchev–Trinajstić information content (AvgIpc) is 3.13. The Labute approximate surface area is 182 Å². The van der Waals surface area contributed by atoms with Gasteiger partial charge in [0.1, 0.15) is 29.8 Å². The van der Waals surface area contributed by atoms with E-state index in [4.69, 9.17) is 4.74 Å². The first kappa shape index (κ1) is 20.7. The molecular formula is C22H18N6O4. The van der Waals surface area contributed by atoms with Crippen molar-refractivity contribution in [2.24, 2.45) is 0 Å². The summed E-state index contributed by atoms with van der Waals surface area (Å²) >= 11 is 0. The van der Waals surface area contributed by atoms with Crippen molar-refractivity contribution in [3.05, 3.63) is 94.3 Å². The summed E-state index contributed by atoms with van der Waals surface area (Å²) in [6.07, 6.45) is 3.09. The minimum atomic E-state index is -0.589. The van der Waals surface area contributed by atoms with Gasteiger partial charge in [-0.25, -0.2) is 15.0 Å². The molecule has 2 heterocycles. The van der Waals surface area contributed by atoms with Gasteiger partial charge in [0, 0.05) is 23.5 Å². The molecule has 0 atom stereocenters. The second-order valence-electron chi connectivity index (χ2n) is 6.85. The number of carbonyl (C=O) groups excluding carboxylic acids is 1. The van der Waals surface area contributed by atoms with Gasteiger partial charge in [-0.1, -0.05) is 12.1 Å². The van der Waals surface area contributed by atoms with Crippen molar-refractivity contribution >= 4 is 17.3 Å². The van der Waals surface area contributed by atoms with Gasteiger partial charge in [-0.3, -0.25) is 19.5 Å². The number of hydrogen-bond donors (Lipinski definition) is 1. The number of nitro groups is 1. The van der Waals surface area contributed by atoms with E-state index in [2.05, 4.69) is 20.3 Å². The Morgan fingerprint density at radius 3 is 2.50 bits per heavy atom. The summed E-state index contributed by atoms with van der Waals surface area (Å²) in [6, 6.07) is 14.0. The Hall–Kier alpha value is -4.60. The van der Waals surface area contributed by atoms with E-state index in [1.807, 2.05) is 18.4 Å². The first-order chi connectivity index (χ1) is 15.4. The molecule has 0 spiro atoms. The van der Waals surface area contributed by atoms with Gasteiger partial charge in [0.05, 0.1) is 10.6 Å². The number of aryl methyl sites for hydroxylation is 1. The number of nitrogens with one attached hydrogen (secondary N) is 1. The minimum absolute atomic E-state index is 0.0172. The normalized spacial score (nSPS) is 10.6. The predicted octanol–water partition coefficient (Wildman–Crippen LogP) is 4.23. The Morgan fingerprint density at radius 1 is 1.06 bits per heavy atom. The van der Waals surface area contributed by atoms with Crippen LogP contribution in [-0.2, 0) is 0 Å². The number of para-hydroxylation sites is 1. The van der Waals surface area contributed by atoms with Crippen molar-refractivity contribution in [2.45, 2.75) is 13.8 Å². The first-order valence-electron chi connectivity index (χ1n) is 9.58. The summed E-state index contributed by atoms with van der Waals surface area (Å²) in [5, 5.41) is 13.8. The summed E-state index contributed by atoms with van der Waals surface area (Å²) < 4.78 is 7.63. The fraction of sp³-hybridized carbons (Fsp3) is 0.0909. The molecule has 0 fully saturated rings. The maximum absolute atomic E-state index is 12.4. The molecule has 160 valence electrons. The molecular weight excluding hydrogens is 412 g/mol. The quantitative estimate of drug-likeness (QED) is 0.358. The standard InChI is InChI=1S/C22H18N6O4/c1-14-15(2)27(13-25-14)20-11-21(24-12-23-20)32-17-9-7-16(8-10-17)26-22(29)18-5-3-4-6-19(18)28(30)31/h3-13H,1-2H3,(H,26,29). The third kappa shape index (κ3) is 4.29. The van der Waals surface area contributed by atoms with Gasteiger partial charge in [0.25, 0.3) is 11.6 Å². The number of ether oxygens (including phenoxy) is 1. The van der Waals surface area contributed by atoms with Crippen molar-refractivity contribution < 1.29 is 14.5 Å². The van der Waals surface area contributed by atoms with Crippen molar-refractivity contribution in [3.63, 3.8) is 0 Å². The fourth-order valence-corrected chi connectivity index (χ4v) is 3.00. The molecule has 0 saturated carbocycles. The Bertz CT molecular complexity index is 1300. The maximum Gasteiger partial charge on any atom is 0.282 e. The van der Waals surface area contributed by atoms with Crippen LogP contribution in [0, 0.1) is 24.0 Å². The lowest BCUT2D eigenvalue weighted by atomic mass is 10.1. The third-order valence-corrected chi connectivity index (χ3v) is 4.81. The number of nitrogens with zero attached hydrogens (tertiary/aromatic N) is 5. The summed E-state index contributed by atoms with van der Waals surface area (Å²) in [5.41, 5.74) is 2.07. The van der Waals surface area contributed by atoms with Crippen LogP contribution in [0.2, 0.25) is 0 Å². The van der Waals surface area contributed by atoms with E-state index in [0.717, 1.165) is 11.4 Å².